The van der Waals surface area contributed by atoms with Crippen LogP contribution < -0.4 is 10.9 Å². The molecule has 3 aromatic rings. The molecule has 1 N–H and O–H groups in total. The summed E-state index contributed by atoms with van der Waals surface area (Å²) in [4.78, 5) is 25.1. The Labute approximate surface area is 166 Å². The summed E-state index contributed by atoms with van der Waals surface area (Å²) in [5, 5.41) is 8.40. The molecular formula is C20H19ClN6O. The van der Waals surface area contributed by atoms with E-state index in [1.807, 2.05) is 0 Å². The molecule has 2 fully saturated rings. The van der Waals surface area contributed by atoms with Gasteiger partial charge in [-0.15, -0.1) is 0 Å². The van der Waals surface area contributed by atoms with Crippen molar-refractivity contribution in [2.45, 2.75) is 31.8 Å². The van der Waals surface area contributed by atoms with Gasteiger partial charge in [0.15, 0.2) is 0 Å². The molecule has 3 atom stereocenters. The predicted molar refractivity (Wildman–Crippen MR) is 106 cm³/mol. The van der Waals surface area contributed by atoms with E-state index < -0.39 is 0 Å². The van der Waals surface area contributed by atoms with Gasteiger partial charge in [0.2, 0.25) is 5.95 Å². The fourth-order valence-corrected chi connectivity index (χ4v) is 4.22. The lowest BCUT2D eigenvalue weighted by Gasteiger charge is -2.53. The van der Waals surface area contributed by atoms with Crippen LogP contribution in [0, 0.1) is 11.8 Å². The number of aromatic nitrogens is 5. The van der Waals surface area contributed by atoms with Crippen molar-refractivity contribution in [1.29, 1.82) is 0 Å². The van der Waals surface area contributed by atoms with Crippen molar-refractivity contribution < 1.29 is 0 Å². The maximum Gasteiger partial charge on any atom is 0.267 e. The highest BCUT2D eigenvalue weighted by atomic mass is 35.5. The molecule has 0 amide bonds. The van der Waals surface area contributed by atoms with E-state index in [0.717, 1.165) is 23.0 Å². The van der Waals surface area contributed by atoms with Crippen LogP contribution in [0.1, 0.15) is 24.8 Å². The predicted octanol–water partition coefficient (Wildman–Crippen LogP) is 3.01. The summed E-state index contributed by atoms with van der Waals surface area (Å²) in [6.45, 7) is 0.297. The van der Waals surface area contributed by atoms with Crippen LogP contribution in [0.4, 0.5) is 5.95 Å². The van der Waals surface area contributed by atoms with Gasteiger partial charge in [0.05, 0.1) is 17.3 Å². The quantitative estimate of drug-likeness (QED) is 0.716. The molecule has 3 unspecified atom stereocenters. The van der Waals surface area contributed by atoms with Crippen LogP contribution >= 0.6 is 11.6 Å². The third-order valence-corrected chi connectivity index (χ3v) is 5.98. The maximum atomic E-state index is 12.2. The largest absolute Gasteiger partial charge is 0.351 e. The lowest BCUT2D eigenvalue weighted by Crippen LogP contribution is -2.52. The van der Waals surface area contributed by atoms with Crippen LogP contribution in [-0.2, 0) is 6.54 Å². The average molecular weight is 395 g/mol. The first-order chi connectivity index (χ1) is 13.7. The molecule has 0 radical (unpaired) electrons. The number of anilines is 1. The van der Waals surface area contributed by atoms with Crippen LogP contribution in [0.5, 0.6) is 0 Å². The van der Waals surface area contributed by atoms with E-state index >= 15 is 0 Å². The van der Waals surface area contributed by atoms with Gasteiger partial charge in [-0.1, -0.05) is 11.6 Å². The fraction of sp³-hybridized carbons (Fsp3) is 0.350. The van der Waals surface area contributed by atoms with Gasteiger partial charge in [0, 0.05) is 42.5 Å². The lowest BCUT2D eigenvalue weighted by atomic mass is 9.56. The van der Waals surface area contributed by atoms with Gasteiger partial charge < -0.3 is 5.32 Å². The van der Waals surface area contributed by atoms with Crippen LogP contribution in [0.2, 0.25) is 5.02 Å². The average Bonchev–Trinajstić information content (AvgIpc) is 2.68. The van der Waals surface area contributed by atoms with Crippen molar-refractivity contribution in [3.63, 3.8) is 0 Å². The van der Waals surface area contributed by atoms with Crippen molar-refractivity contribution in [3.05, 3.63) is 63.9 Å². The lowest BCUT2D eigenvalue weighted by molar-refractivity contribution is 0.0359. The first-order valence-electron chi connectivity index (χ1n) is 9.42. The molecule has 0 bridgehead atoms. The second-order valence-electron chi connectivity index (χ2n) is 7.51. The van der Waals surface area contributed by atoms with Crippen molar-refractivity contribution in [3.8, 4) is 11.3 Å². The number of rotatable bonds is 5. The van der Waals surface area contributed by atoms with Gasteiger partial charge in [-0.2, -0.15) is 5.10 Å². The summed E-state index contributed by atoms with van der Waals surface area (Å²) in [5.41, 5.74) is 2.02. The normalized spacial score (nSPS) is 22.7. The number of halogens is 1. The monoisotopic (exact) mass is 394 g/mol. The Balaban J connectivity index is 1.33. The standard InChI is InChI=1S/C20H19ClN6O/c21-15-5-12(7-22-10-15)11-27-19(28)4-3-17(26-27)14-8-23-20(24-9-14)25-18-6-13-1-2-16(13)18/h3-5,7-10,13,16,18H,1-2,6,11H2,(H,23,24,25). The molecule has 0 saturated heterocycles. The Kier molecular flexibility index (Phi) is 4.31. The zero-order valence-electron chi connectivity index (χ0n) is 15.1. The summed E-state index contributed by atoms with van der Waals surface area (Å²) in [6.07, 6.45) is 10.6. The Morgan fingerprint density at radius 1 is 1.14 bits per heavy atom. The molecule has 0 aliphatic heterocycles. The topological polar surface area (TPSA) is 85.6 Å². The first kappa shape index (κ1) is 17.3. The highest BCUT2D eigenvalue weighted by Gasteiger charge is 2.47. The van der Waals surface area contributed by atoms with Crippen LogP contribution in [0.25, 0.3) is 11.3 Å². The van der Waals surface area contributed by atoms with E-state index in [-0.39, 0.29) is 5.56 Å². The first-order valence-corrected chi connectivity index (χ1v) is 9.80. The summed E-state index contributed by atoms with van der Waals surface area (Å²) < 4.78 is 1.39. The second-order valence-corrected chi connectivity index (χ2v) is 7.95. The highest BCUT2D eigenvalue weighted by molar-refractivity contribution is 6.30. The van der Waals surface area contributed by atoms with Crippen molar-refractivity contribution in [2.24, 2.45) is 11.8 Å². The van der Waals surface area contributed by atoms with Crippen LogP contribution in [-0.4, -0.2) is 30.8 Å². The Bertz CT molecular complexity index is 1070. The summed E-state index contributed by atoms with van der Waals surface area (Å²) in [5.74, 6) is 2.36. The van der Waals surface area contributed by atoms with E-state index in [1.165, 1.54) is 30.0 Å². The highest BCUT2D eigenvalue weighted by Crippen LogP contribution is 2.50. The number of nitrogens with zero attached hydrogens (tertiary/aromatic N) is 5. The molecule has 2 saturated carbocycles. The molecule has 3 heterocycles. The zero-order valence-corrected chi connectivity index (χ0v) is 15.9. The fourth-order valence-electron chi connectivity index (χ4n) is 4.02. The molecule has 2 aliphatic rings. The molecule has 7 nitrogen and oxygen atoms in total. The molecule has 142 valence electrons. The second kappa shape index (κ2) is 6.98. The van der Waals surface area contributed by atoms with E-state index in [9.17, 15) is 4.79 Å². The maximum absolute atomic E-state index is 12.2. The summed E-state index contributed by atoms with van der Waals surface area (Å²) in [7, 11) is 0. The number of hydrogen-bond acceptors (Lipinski definition) is 6. The zero-order chi connectivity index (χ0) is 19.1. The minimum Gasteiger partial charge on any atom is -0.351 e. The number of nitrogens with one attached hydrogen (secondary N) is 1. The molecular weight excluding hydrogens is 376 g/mol. The van der Waals surface area contributed by atoms with Gasteiger partial charge >= 0.3 is 0 Å². The third kappa shape index (κ3) is 3.26. The Hall–Kier alpha value is -2.80. The van der Waals surface area contributed by atoms with E-state index in [0.29, 0.717) is 29.3 Å². The van der Waals surface area contributed by atoms with Crippen molar-refractivity contribution >= 4 is 17.5 Å². The van der Waals surface area contributed by atoms with E-state index in [2.05, 4.69) is 25.4 Å². The van der Waals surface area contributed by atoms with Gasteiger partial charge in [-0.05, 0) is 48.8 Å². The summed E-state index contributed by atoms with van der Waals surface area (Å²) >= 11 is 5.97. The molecule has 0 spiro atoms. The number of hydrogen-bond donors (Lipinski definition) is 1. The van der Waals surface area contributed by atoms with Crippen molar-refractivity contribution in [1.82, 2.24) is 24.7 Å². The Morgan fingerprint density at radius 3 is 2.68 bits per heavy atom. The molecule has 5 rings (SSSR count). The molecule has 0 aromatic carbocycles. The molecule has 3 aromatic heterocycles. The molecule has 2 aliphatic carbocycles. The van der Waals surface area contributed by atoms with Gasteiger partial charge in [-0.3, -0.25) is 9.78 Å². The van der Waals surface area contributed by atoms with Gasteiger partial charge in [0.25, 0.3) is 5.56 Å². The summed E-state index contributed by atoms with van der Waals surface area (Å²) in [6, 6.07) is 5.46. The van der Waals surface area contributed by atoms with Gasteiger partial charge in [0.1, 0.15) is 0 Å². The van der Waals surface area contributed by atoms with E-state index in [1.54, 1.807) is 36.9 Å². The van der Waals surface area contributed by atoms with Crippen LogP contribution in [0.3, 0.4) is 0 Å². The van der Waals surface area contributed by atoms with Crippen LogP contribution in [0.15, 0.2) is 47.8 Å². The van der Waals surface area contributed by atoms with E-state index in [4.69, 9.17) is 11.6 Å². The van der Waals surface area contributed by atoms with Crippen molar-refractivity contribution in [2.75, 3.05) is 5.32 Å². The third-order valence-electron chi connectivity index (χ3n) is 5.77. The minimum absolute atomic E-state index is 0.192. The molecule has 28 heavy (non-hydrogen) atoms. The smallest absolute Gasteiger partial charge is 0.267 e. The molecule has 8 heteroatoms. The number of pyridine rings is 1. The van der Waals surface area contributed by atoms with Gasteiger partial charge in [-0.25, -0.2) is 14.6 Å². The SMILES string of the molecule is O=c1ccc(-c2cnc(NC3CC4CCC43)nc2)nn1Cc1cncc(Cl)c1. The minimum atomic E-state index is -0.192. The number of fused-ring (bicyclic) bond motifs is 1. The Morgan fingerprint density at radius 2 is 2.00 bits per heavy atom.